The van der Waals surface area contributed by atoms with Gasteiger partial charge in [-0.3, -0.25) is 9.69 Å². The molecule has 0 spiro atoms. The number of aliphatic hydroxyl groups is 1. The van der Waals surface area contributed by atoms with Gasteiger partial charge < -0.3 is 14.7 Å². The van der Waals surface area contributed by atoms with E-state index >= 15 is 0 Å². The maximum atomic E-state index is 12.2. The molecule has 0 radical (unpaired) electrons. The predicted molar refractivity (Wildman–Crippen MR) is 76.3 cm³/mol. The van der Waals surface area contributed by atoms with Gasteiger partial charge in [-0.25, -0.2) is 8.42 Å². The fraction of sp³-hybridized carbons (Fsp3) is 0.917. The minimum Gasteiger partial charge on any atom is -0.394 e. The molecular formula is C12H23N3O5S. The number of sulfonamides is 1. The van der Waals surface area contributed by atoms with Crippen LogP contribution in [0.2, 0.25) is 0 Å². The molecule has 0 aromatic carbocycles. The quantitative estimate of drug-likeness (QED) is 0.631. The number of nitrogens with zero attached hydrogens (tertiary/aromatic N) is 3. The minimum absolute atomic E-state index is 0.00161. The fourth-order valence-corrected chi connectivity index (χ4v) is 3.42. The lowest BCUT2D eigenvalue weighted by molar-refractivity contribution is -0.136. The summed E-state index contributed by atoms with van der Waals surface area (Å²) >= 11 is 0. The molecule has 0 aromatic rings. The van der Waals surface area contributed by atoms with Crippen molar-refractivity contribution in [2.45, 2.75) is 6.10 Å². The Bertz CT molecular complexity index is 462. The van der Waals surface area contributed by atoms with E-state index in [0.29, 0.717) is 52.4 Å². The molecule has 8 nitrogen and oxygen atoms in total. The molecule has 2 heterocycles. The van der Waals surface area contributed by atoms with Crippen molar-refractivity contribution in [1.82, 2.24) is 14.1 Å². The third-order valence-corrected chi connectivity index (χ3v) is 5.15. The van der Waals surface area contributed by atoms with Gasteiger partial charge in [0.25, 0.3) is 0 Å². The molecule has 0 saturated carbocycles. The molecule has 9 heteroatoms. The third-order valence-electron chi connectivity index (χ3n) is 3.85. The molecule has 2 fully saturated rings. The van der Waals surface area contributed by atoms with Gasteiger partial charge in [0.2, 0.25) is 15.9 Å². The number of morpholine rings is 1. The molecular weight excluding hydrogens is 298 g/mol. The lowest BCUT2D eigenvalue weighted by atomic mass is 10.2. The Morgan fingerprint density at radius 1 is 1.24 bits per heavy atom. The van der Waals surface area contributed by atoms with Gasteiger partial charge in [0, 0.05) is 39.3 Å². The van der Waals surface area contributed by atoms with Crippen LogP contribution in [0, 0.1) is 0 Å². The fourth-order valence-electron chi connectivity index (χ4n) is 2.59. The topological polar surface area (TPSA) is 90.4 Å². The van der Waals surface area contributed by atoms with E-state index < -0.39 is 10.0 Å². The van der Waals surface area contributed by atoms with E-state index in [4.69, 9.17) is 9.84 Å². The SMILES string of the molecule is CS(=O)(=O)N1CCN(C(=O)CN2CCOC(CO)C2)CC1. The minimum atomic E-state index is -3.17. The summed E-state index contributed by atoms with van der Waals surface area (Å²) in [6, 6.07) is 0. The molecule has 2 rings (SSSR count). The first-order chi connectivity index (χ1) is 9.90. The van der Waals surface area contributed by atoms with Crippen molar-refractivity contribution in [2.24, 2.45) is 0 Å². The number of ether oxygens (including phenoxy) is 1. The first kappa shape index (κ1) is 16.6. The molecule has 21 heavy (non-hydrogen) atoms. The Balaban J connectivity index is 1.80. The lowest BCUT2D eigenvalue weighted by Gasteiger charge is -2.36. The van der Waals surface area contributed by atoms with Gasteiger partial charge in [0.05, 0.1) is 32.1 Å². The molecule has 0 aliphatic carbocycles. The van der Waals surface area contributed by atoms with Crippen molar-refractivity contribution in [3.05, 3.63) is 0 Å². The van der Waals surface area contributed by atoms with Gasteiger partial charge in [-0.1, -0.05) is 0 Å². The highest BCUT2D eigenvalue weighted by Gasteiger charge is 2.28. The summed E-state index contributed by atoms with van der Waals surface area (Å²) in [7, 11) is -3.17. The zero-order chi connectivity index (χ0) is 15.5. The van der Waals surface area contributed by atoms with E-state index in [1.54, 1.807) is 4.90 Å². The maximum absolute atomic E-state index is 12.2. The summed E-state index contributed by atoms with van der Waals surface area (Å²) in [4.78, 5) is 15.9. The second kappa shape index (κ2) is 7.01. The maximum Gasteiger partial charge on any atom is 0.236 e. The van der Waals surface area contributed by atoms with Gasteiger partial charge >= 0.3 is 0 Å². The van der Waals surface area contributed by atoms with Crippen molar-refractivity contribution in [1.29, 1.82) is 0 Å². The highest BCUT2D eigenvalue weighted by atomic mass is 32.2. The smallest absolute Gasteiger partial charge is 0.236 e. The summed E-state index contributed by atoms with van der Waals surface area (Å²) in [5, 5.41) is 9.09. The molecule has 1 unspecified atom stereocenters. The average molecular weight is 321 g/mol. The summed E-state index contributed by atoms with van der Waals surface area (Å²) in [6.07, 6.45) is 0.960. The average Bonchev–Trinajstić information content (AvgIpc) is 2.46. The zero-order valence-electron chi connectivity index (χ0n) is 12.3. The highest BCUT2D eigenvalue weighted by molar-refractivity contribution is 7.88. The normalized spacial score (nSPS) is 26.0. The Labute approximate surface area is 125 Å². The van der Waals surface area contributed by atoms with Crippen LogP contribution >= 0.6 is 0 Å². The summed E-state index contributed by atoms with van der Waals surface area (Å²) < 4.78 is 29.6. The number of rotatable bonds is 4. The Kier molecular flexibility index (Phi) is 5.55. The molecule has 0 aromatic heterocycles. The first-order valence-corrected chi connectivity index (χ1v) is 8.92. The predicted octanol–water partition coefficient (Wildman–Crippen LogP) is -2.22. The summed E-state index contributed by atoms with van der Waals surface area (Å²) in [5.74, 6) is 0.00161. The number of piperazine rings is 1. The molecule has 2 aliphatic rings. The van der Waals surface area contributed by atoms with E-state index in [2.05, 4.69) is 0 Å². The molecule has 1 N–H and O–H groups in total. The van der Waals surface area contributed by atoms with Crippen LogP contribution in [0.3, 0.4) is 0 Å². The third kappa shape index (κ3) is 4.62. The van der Waals surface area contributed by atoms with Gasteiger partial charge in [-0.05, 0) is 0 Å². The van der Waals surface area contributed by atoms with E-state index in [9.17, 15) is 13.2 Å². The van der Waals surface area contributed by atoms with Crippen LogP contribution in [0.25, 0.3) is 0 Å². The van der Waals surface area contributed by atoms with Crippen molar-refractivity contribution >= 4 is 15.9 Å². The van der Waals surface area contributed by atoms with Gasteiger partial charge in [0.1, 0.15) is 0 Å². The lowest BCUT2D eigenvalue weighted by Crippen LogP contribution is -2.54. The van der Waals surface area contributed by atoms with Gasteiger partial charge in [0.15, 0.2) is 0 Å². The number of amides is 1. The van der Waals surface area contributed by atoms with Gasteiger partial charge in [-0.2, -0.15) is 4.31 Å². The van der Waals surface area contributed by atoms with E-state index in [-0.39, 0.29) is 18.6 Å². The van der Waals surface area contributed by atoms with Crippen LogP contribution in [0.15, 0.2) is 0 Å². The van der Waals surface area contributed by atoms with Crippen LogP contribution in [0.5, 0.6) is 0 Å². The standard InChI is InChI=1S/C12H23N3O5S/c1-21(18,19)15-4-2-14(3-5-15)12(17)9-13-6-7-20-11(8-13)10-16/h11,16H,2-10H2,1H3. The van der Waals surface area contributed by atoms with E-state index in [0.717, 1.165) is 0 Å². The van der Waals surface area contributed by atoms with Crippen molar-refractivity contribution in [2.75, 3.05) is 65.3 Å². The zero-order valence-corrected chi connectivity index (χ0v) is 13.1. The second-order valence-corrected chi connectivity index (χ2v) is 7.44. The van der Waals surface area contributed by atoms with Crippen LogP contribution in [0.4, 0.5) is 0 Å². The Morgan fingerprint density at radius 2 is 1.90 bits per heavy atom. The summed E-state index contributed by atoms with van der Waals surface area (Å²) in [5.41, 5.74) is 0. The molecule has 1 amide bonds. The summed E-state index contributed by atoms with van der Waals surface area (Å²) in [6.45, 7) is 3.55. The van der Waals surface area contributed by atoms with Crippen molar-refractivity contribution < 1.29 is 23.1 Å². The van der Waals surface area contributed by atoms with Crippen molar-refractivity contribution in [3.8, 4) is 0 Å². The number of hydrogen-bond donors (Lipinski definition) is 1. The molecule has 2 saturated heterocycles. The number of aliphatic hydroxyl groups excluding tert-OH is 1. The number of carbonyl (C=O) groups is 1. The van der Waals surface area contributed by atoms with E-state index in [1.807, 2.05) is 4.90 Å². The molecule has 122 valence electrons. The van der Waals surface area contributed by atoms with Crippen molar-refractivity contribution in [3.63, 3.8) is 0 Å². The van der Waals surface area contributed by atoms with Crippen LogP contribution < -0.4 is 0 Å². The second-order valence-electron chi connectivity index (χ2n) is 5.45. The Hall–Kier alpha value is -0.740. The number of hydrogen-bond acceptors (Lipinski definition) is 6. The van der Waals surface area contributed by atoms with E-state index in [1.165, 1.54) is 10.6 Å². The highest BCUT2D eigenvalue weighted by Crippen LogP contribution is 2.09. The Morgan fingerprint density at radius 3 is 2.48 bits per heavy atom. The monoisotopic (exact) mass is 321 g/mol. The molecule has 1 atom stereocenters. The first-order valence-electron chi connectivity index (χ1n) is 7.08. The van der Waals surface area contributed by atoms with Crippen LogP contribution in [0.1, 0.15) is 0 Å². The number of carbonyl (C=O) groups excluding carboxylic acids is 1. The molecule has 0 bridgehead atoms. The van der Waals surface area contributed by atoms with Crippen LogP contribution in [-0.4, -0.2) is 105 Å². The van der Waals surface area contributed by atoms with Gasteiger partial charge in [-0.15, -0.1) is 0 Å². The largest absolute Gasteiger partial charge is 0.394 e. The van der Waals surface area contributed by atoms with Crippen LogP contribution in [-0.2, 0) is 19.6 Å². The molecule has 2 aliphatic heterocycles.